The van der Waals surface area contributed by atoms with E-state index in [4.69, 9.17) is 0 Å². The lowest BCUT2D eigenvalue weighted by atomic mass is 9.96. The van der Waals surface area contributed by atoms with Gasteiger partial charge >= 0.3 is 0 Å². The molecule has 0 amide bonds. The average molecular weight is 294 g/mol. The van der Waals surface area contributed by atoms with E-state index in [-0.39, 0.29) is 5.41 Å². The van der Waals surface area contributed by atoms with Gasteiger partial charge in [-0.3, -0.25) is 0 Å². The van der Waals surface area contributed by atoms with Crippen LogP contribution in [0.15, 0.2) is 15.3 Å². The zero-order valence-electron chi connectivity index (χ0n) is 7.23. The van der Waals surface area contributed by atoms with E-state index in [0.717, 1.165) is 15.0 Å². The predicted molar refractivity (Wildman–Crippen MR) is 56.1 cm³/mol. The number of halogens is 2. The summed E-state index contributed by atoms with van der Waals surface area (Å²) >= 11 is 6.65. The molecular weight excluding hydrogens is 284 g/mol. The number of aromatic nitrogens is 2. The molecule has 0 atom stereocenters. The molecule has 0 aliphatic heterocycles. The van der Waals surface area contributed by atoms with Gasteiger partial charge in [-0.2, -0.15) is 0 Å². The first kappa shape index (κ1) is 10.1. The van der Waals surface area contributed by atoms with Crippen LogP contribution in [0.25, 0.3) is 0 Å². The van der Waals surface area contributed by atoms with Crippen molar-refractivity contribution in [3.63, 3.8) is 0 Å². The Hall–Kier alpha value is 0.0400. The summed E-state index contributed by atoms with van der Waals surface area (Å²) in [5, 5.41) is 0. The fraction of sp³-hybridized carbons (Fsp3) is 0.500. The van der Waals surface area contributed by atoms with Crippen molar-refractivity contribution in [2.75, 3.05) is 0 Å². The fourth-order valence-electron chi connectivity index (χ4n) is 0.726. The Labute approximate surface area is 89.1 Å². The normalized spacial score (nSPS) is 11.8. The highest BCUT2D eigenvalue weighted by Crippen LogP contribution is 2.22. The van der Waals surface area contributed by atoms with E-state index in [1.807, 2.05) is 6.07 Å². The molecule has 1 rings (SSSR count). The zero-order valence-corrected chi connectivity index (χ0v) is 10.4. The summed E-state index contributed by atoms with van der Waals surface area (Å²) in [4.78, 5) is 8.56. The van der Waals surface area contributed by atoms with Crippen LogP contribution in [-0.2, 0) is 5.41 Å². The Balaban J connectivity index is 3.18. The van der Waals surface area contributed by atoms with Crippen molar-refractivity contribution in [2.45, 2.75) is 26.2 Å². The molecule has 0 saturated carbocycles. The van der Waals surface area contributed by atoms with Crippen LogP contribution in [0.2, 0.25) is 0 Å². The summed E-state index contributed by atoms with van der Waals surface area (Å²) in [6.07, 6.45) is 0. The van der Waals surface area contributed by atoms with Crippen LogP contribution >= 0.6 is 31.9 Å². The Bertz CT molecular complexity index is 271. The molecule has 12 heavy (non-hydrogen) atoms. The van der Waals surface area contributed by atoms with Crippen LogP contribution in [0.1, 0.15) is 26.6 Å². The van der Waals surface area contributed by atoms with Crippen LogP contribution in [0.3, 0.4) is 0 Å². The third-order valence-electron chi connectivity index (χ3n) is 1.33. The highest BCUT2D eigenvalue weighted by molar-refractivity contribution is 9.11. The first-order chi connectivity index (χ1) is 5.39. The summed E-state index contributed by atoms with van der Waals surface area (Å²) in [5.74, 6) is 0.837. The summed E-state index contributed by atoms with van der Waals surface area (Å²) < 4.78 is 1.63. The predicted octanol–water partition coefficient (Wildman–Crippen LogP) is 3.30. The molecular formula is C8H10Br2N2. The molecule has 0 spiro atoms. The molecule has 0 aliphatic carbocycles. The molecule has 0 unspecified atom stereocenters. The minimum Gasteiger partial charge on any atom is -0.225 e. The molecule has 0 radical (unpaired) electrons. The van der Waals surface area contributed by atoms with E-state index in [9.17, 15) is 0 Å². The molecule has 0 aliphatic rings. The van der Waals surface area contributed by atoms with Crippen molar-refractivity contribution in [3.8, 4) is 0 Å². The van der Waals surface area contributed by atoms with Gasteiger partial charge in [0.15, 0.2) is 0 Å². The highest BCUT2D eigenvalue weighted by Gasteiger charge is 2.17. The molecule has 66 valence electrons. The van der Waals surface area contributed by atoms with E-state index >= 15 is 0 Å². The van der Waals surface area contributed by atoms with Crippen LogP contribution < -0.4 is 0 Å². The third kappa shape index (κ3) is 2.52. The van der Waals surface area contributed by atoms with Gasteiger partial charge in [-0.15, -0.1) is 0 Å². The minimum absolute atomic E-state index is 0.00764. The van der Waals surface area contributed by atoms with Crippen molar-refractivity contribution < 1.29 is 0 Å². The topological polar surface area (TPSA) is 25.8 Å². The largest absolute Gasteiger partial charge is 0.225 e. The molecule has 1 aromatic rings. The second-order valence-corrected chi connectivity index (χ2v) is 5.21. The van der Waals surface area contributed by atoms with E-state index in [1.54, 1.807) is 0 Å². The molecule has 0 N–H and O–H groups in total. The summed E-state index contributed by atoms with van der Waals surface area (Å²) in [5.41, 5.74) is -0.00764. The van der Waals surface area contributed by atoms with Gasteiger partial charge in [-0.25, -0.2) is 9.97 Å². The van der Waals surface area contributed by atoms with Crippen molar-refractivity contribution in [1.82, 2.24) is 9.97 Å². The molecule has 1 heterocycles. The summed E-state index contributed by atoms with van der Waals surface area (Å²) in [6, 6.07) is 1.83. The zero-order chi connectivity index (χ0) is 9.35. The molecule has 1 aromatic heterocycles. The van der Waals surface area contributed by atoms with E-state index < -0.39 is 0 Å². The first-order valence-corrected chi connectivity index (χ1v) is 5.19. The van der Waals surface area contributed by atoms with Gasteiger partial charge in [-0.05, 0) is 31.9 Å². The second-order valence-electron chi connectivity index (χ2n) is 3.59. The quantitative estimate of drug-likeness (QED) is 0.686. The molecule has 0 bridgehead atoms. The van der Waals surface area contributed by atoms with E-state index in [1.165, 1.54) is 0 Å². The van der Waals surface area contributed by atoms with Gasteiger partial charge in [-0.1, -0.05) is 20.8 Å². The molecule has 0 aromatic carbocycles. The van der Waals surface area contributed by atoms with Gasteiger partial charge in [0.2, 0.25) is 0 Å². The monoisotopic (exact) mass is 292 g/mol. The fourth-order valence-corrected chi connectivity index (χ4v) is 1.80. The van der Waals surface area contributed by atoms with E-state index in [0.29, 0.717) is 0 Å². The van der Waals surface area contributed by atoms with Crippen LogP contribution in [0, 0.1) is 0 Å². The maximum Gasteiger partial charge on any atom is 0.136 e. The lowest BCUT2D eigenvalue weighted by molar-refractivity contribution is 0.541. The Morgan fingerprint density at radius 2 is 1.50 bits per heavy atom. The third-order valence-corrected chi connectivity index (χ3v) is 2.15. The lowest BCUT2D eigenvalue weighted by Crippen LogP contribution is -2.16. The SMILES string of the molecule is CC(C)(C)c1nc(Br)cc(Br)n1. The average Bonchev–Trinajstić information content (AvgIpc) is 1.82. The maximum atomic E-state index is 4.28. The van der Waals surface area contributed by atoms with Crippen LogP contribution in [-0.4, -0.2) is 9.97 Å². The Kier molecular flexibility index (Phi) is 2.88. The lowest BCUT2D eigenvalue weighted by Gasteiger charge is -2.16. The summed E-state index contributed by atoms with van der Waals surface area (Å²) in [6.45, 7) is 6.25. The Morgan fingerprint density at radius 3 is 1.83 bits per heavy atom. The van der Waals surface area contributed by atoms with Gasteiger partial charge in [0.25, 0.3) is 0 Å². The van der Waals surface area contributed by atoms with Crippen molar-refractivity contribution in [1.29, 1.82) is 0 Å². The molecule has 0 fully saturated rings. The second kappa shape index (κ2) is 3.42. The smallest absolute Gasteiger partial charge is 0.136 e. The van der Waals surface area contributed by atoms with Crippen molar-refractivity contribution in [3.05, 3.63) is 21.1 Å². The van der Waals surface area contributed by atoms with Crippen LogP contribution in [0.5, 0.6) is 0 Å². The summed E-state index contributed by atoms with van der Waals surface area (Å²) in [7, 11) is 0. The van der Waals surface area contributed by atoms with E-state index in [2.05, 4.69) is 62.6 Å². The Morgan fingerprint density at radius 1 is 1.08 bits per heavy atom. The number of rotatable bonds is 0. The van der Waals surface area contributed by atoms with Crippen molar-refractivity contribution in [2.24, 2.45) is 0 Å². The minimum atomic E-state index is -0.00764. The number of hydrogen-bond acceptors (Lipinski definition) is 2. The van der Waals surface area contributed by atoms with Gasteiger partial charge in [0, 0.05) is 11.5 Å². The molecule has 4 heteroatoms. The number of nitrogens with zero attached hydrogens (tertiary/aromatic N) is 2. The van der Waals surface area contributed by atoms with Gasteiger partial charge < -0.3 is 0 Å². The van der Waals surface area contributed by atoms with Gasteiger partial charge in [0.1, 0.15) is 15.0 Å². The standard InChI is InChI=1S/C8H10Br2N2/c1-8(2,3)7-11-5(9)4-6(10)12-7/h4H,1-3H3. The van der Waals surface area contributed by atoms with Crippen molar-refractivity contribution >= 4 is 31.9 Å². The molecule has 2 nitrogen and oxygen atoms in total. The highest BCUT2D eigenvalue weighted by atomic mass is 79.9. The maximum absolute atomic E-state index is 4.28. The number of hydrogen-bond donors (Lipinski definition) is 0. The first-order valence-electron chi connectivity index (χ1n) is 3.60. The molecule has 0 saturated heterocycles. The van der Waals surface area contributed by atoms with Crippen LogP contribution in [0.4, 0.5) is 0 Å². The van der Waals surface area contributed by atoms with Gasteiger partial charge in [0.05, 0.1) is 0 Å².